The lowest BCUT2D eigenvalue weighted by Gasteiger charge is -2.07. The zero-order valence-electron chi connectivity index (χ0n) is 16.3. The molecule has 0 atom stereocenters. The largest absolute Gasteiger partial charge is 0.497 e. The molecule has 8 nitrogen and oxygen atoms in total. The van der Waals surface area contributed by atoms with E-state index in [0.29, 0.717) is 32.8 Å². The van der Waals surface area contributed by atoms with Gasteiger partial charge in [0, 0.05) is 26.7 Å². The van der Waals surface area contributed by atoms with Crippen molar-refractivity contribution in [3.05, 3.63) is 46.6 Å². The lowest BCUT2D eigenvalue weighted by atomic mass is 10.1. The first-order chi connectivity index (χ1) is 13.3. The number of benzene rings is 1. The molecule has 0 saturated heterocycles. The van der Waals surface area contributed by atoms with Gasteiger partial charge in [0.25, 0.3) is 11.8 Å². The van der Waals surface area contributed by atoms with E-state index in [1.807, 2.05) is 24.3 Å². The highest BCUT2D eigenvalue weighted by atomic mass is 32.1. The monoisotopic (exact) mass is 399 g/mol. The summed E-state index contributed by atoms with van der Waals surface area (Å²) in [6.45, 7) is 1.74. The second-order valence-electron chi connectivity index (χ2n) is 6.36. The Labute approximate surface area is 166 Å². The Balaban J connectivity index is 1.83. The minimum absolute atomic E-state index is 0.142. The predicted molar refractivity (Wildman–Crippen MR) is 108 cm³/mol. The van der Waals surface area contributed by atoms with Gasteiger partial charge < -0.3 is 9.64 Å². The number of aryl methyl sites for hydroxylation is 2. The molecule has 0 spiro atoms. The third kappa shape index (κ3) is 3.89. The lowest BCUT2D eigenvalue weighted by Crippen LogP contribution is -2.21. The van der Waals surface area contributed by atoms with Crippen LogP contribution in [-0.4, -0.2) is 52.7 Å². The fourth-order valence-electron chi connectivity index (χ4n) is 2.62. The van der Waals surface area contributed by atoms with Gasteiger partial charge in [0.05, 0.1) is 18.5 Å². The molecule has 0 saturated carbocycles. The van der Waals surface area contributed by atoms with Crippen LogP contribution in [0.5, 0.6) is 5.75 Å². The number of thiazole rings is 1. The molecule has 0 bridgehead atoms. The number of aromatic nitrogens is 3. The second-order valence-corrected chi connectivity index (χ2v) is 7.36. The molecule has 0 fully saturated rings. The number of hydrogen-bond donors (Lipinski definition) is 1. The summed E-state index contributed by atoms with van der Waals surface area (Å²) in [5.74, 6) is 0.226. The van der Waals surface area contributed by atoms with E-state index >= 15 is 0 Å². The Morgan fingerprint density at radius 1 is 1.25 bits per heavy atom. The fraction of sp³-hybridized carbons (Fsp3) is 0.263. The molecule has 0 unspecified atom stereocenters. The first kappa shape index (κ1) is 19.6. The highest BCUT2D eigenvalue weighted by Gasteiger charge is 2.20. The molecule has 146 valence electrons. The molecule has 1 aromatic carbocycles. The van der Waals surface area contributed by atoms with Gasteiger partial charge in [0.1, 0.15) is 16.3 Å². The number of hydrogen-bond acceptors (Lipinski definition) is 6. The minimum Gasteiger partial charge on any atom is -0.497 e. The molecule has 2 aromatic heterocycles. The molecule has 0 aliphatic rings. The average Bonchev–Trinajstić information content (AvgIpc) is 3.23. The molecule has 2 heterocycles. The van der Waals surface area contributed by atoms with Crippen LogP contribution in [-0.2, 0) is 7.05 Å². The smallest absolute Gasteiger partial charge is 0.275 e. The summed E-state index contributed by atoms with van der Waals surface area (Å²) in [5.41, 5.74) is 2.47. The molecule has 3 aromatic rings. The average molecular weight is 399 g/mol. The number of carbonyl (C=O) groups excluding carboxylic acids is 2. The number of ether oxygens (including phenoxy) is 1. The van der Waals surface area contributed by atoms with E-state index in [1.54, 1.807) is 41.2 Å². The quantitative estimate of drug-likeness (QED) is 0.713. The van der Waals surface area contributed by atoms with Crippen molar-refractivity contribution in [2.45, 2.75) is 6.92 Å². The van der Waals surface area contributed by atoms with Crippen molar-refractivity contribution >= 4 is 28.3 Å². The first-order valence-corrected chi connectivity index (χ1v) is 9.30. The summed E-state index contributed by atoms with van der Waals surface area (Å²) in [7, 11) is 6.65. The summed E-state index contributed by atoms with van der Waals surface area (Å²) in [6.07, 6.45) is 0. The van der Waals surface area contributed by atoms with Crippen LogP contribution in [0.4, 0.5) is 5.13 Å². The topological polar surface area (TPSA) is 89.3 Å². The number of carbonyl (C=O) groups is 2. The van der Waals surface area contributed by atoms with E-state index in [1.165, 1.54) is 9.58 Å². The zero-order valence-corrected chi connectivity index (χ0v) is 17.1. The fourth-order valence-corrected chi connectivity index (χ4v) is 3.60. The molecule has 28 heavy (non-hydrogen) atoms. The second kappa shape index (κ2) is 7.81. The number of rotatable bonds is 5. The van der Waals surface area contributed by atoms with E-state index < -0.39 is 0 Å². The standard InChI is InChI=1S/C19H21N5O3S/c1-11-16(18(26)23(2)3)28-19(20-11)21-17(25)15-10-14(22-24(15)4)12-7-6-8-13(9-12)27-5/h6-10H,1-5H3,(H,20,21,25). The van der Waals surface area contributed by atoms with E-state index in [4.69, 9.17) is 4.74 Å². The Kier molecular flexibility index (Phi) is 5.46. The molecular formula is C19H21N5O3S. The van der Waals surface area contributed by atoms with Crippen LogP contribution in [0.15, 0.2) is 30.3 Å². The summed E-state index contributed by atoms with van der Waals surface area (Å²) in [4.78, 5) is 31.1. The lowest BCUT2D eigenvalue weighted by molar-refractivity contribution is 0.0831. The minimum atomic E-state index is -0.346. The van der Waals surface area contributed by atoms with Gasteiger partial charge in [-0.05, 0) is 25.1 Å². The number of amides is 2. The van der Waals surface area contributed by atoms with Gasteiger partial charge in [0.2, 0.25) is 0 Å². The van der Waals surface area contributed by atoms with Crippen LogP contribution in [0.25, 0.3) is 11.3 Å². The van der Waals surface area contributed by atoms with Crippen molar-refractivity contribution in [1.29, 1.82) is 0 Å². The van der Waals surface area contributed by atoms with Crippen molar-refractivity contribution in [2.75, 3.05) is 26.5 Å². The SMILES string of the molecule is COc1cccc(-c2cc(C(=O)Nc3nc(C)c(C(=O)N(C)C)s3)n(C)n2)c1. The number of anilines is 1. The number of nitrogens with one attached hydrogen (secondary N) is 1. The maximum atomic E-state index is 12.7. The van der Waals surface area contributed by atoms with Crippen LogP contribution in [0.3, 0.4) is 0 Å². The Morgan fingerprint density at radius 2 is 2.00 bits per heavy atom. The Morgan fingerprint density at radius 3 is 2.68 bits per heavy atom. The van der Waals surface area contributed by atoms with E-state index in [-0.39, 0.29) is 11.8 Å². The van der Waals surface area contributed by atoms with Crippen LogP contribution in [0.1, 0.15) is 25.9 Å². The van der Waals surface area contributed by atoms with Crippen LogP contribution >= 0.6 is 11.3 Å². The molecule has 0 aliphatic carbocycles. The van der Waals surface area contributed by atoms with Gasteiger partial charge >= 0.3 is 0 Å². The maximum Gasteiger partial charge on any atom is 0.275 e. The van der Waals surface area contributed by atoms with E-state index in [0.717, 1.165) is 16.9 Å². The van der Waals surface area contributed by atoms with Crippen molar-refractivity contribution in [3.63, 3.8) is 0 Å². The highest BCUT2D eigenvalue weighted by Crippen LogP contribution is 2.26. The summed E-state index contributed by atoms with van der Waals surface area (Å²) in [5, 5.41) is 7.54. The third-order valence-electron chi connectivity index (χ3n) is 4.10. The van der Waals surface area contributed by atoms with Gasteiger partial charge in [-0.2, -0.15) is 5.10 Å². The Bertz CT molecular complexity index is 1040. The summed E-state index contributed by atoms with van der Waals surface area (Å²) < 4.78 is 6.75. The first-order valence-electron chi connectivity index (χ1n) is 8.49. The molecule has 0 aliphatic heterocycles. The maximum absolute atomic E-state index is 12.7. The van der Waals surface area contributed by atoms with Crippen molar-refractivity contribution < 1.29 is 14.3 Å². The van der Waals surface area contributed by atoms with E-state index in [2.05, 4.69) is 15.4 Å². The van der Waals surface area contributed by atoms with Gasteiger partial charge in [-0.1, -0.05) is 23.5 Å². The molecule has 3 rings (SSSR count). The Hall–Kier alpha value is -3.20. The van der Waals surface area contributed by atoms with Crippen LogP contribution < -0.4 is 10.1 Å². The molecule has 1 N–H and O–H groups in total. The zero-order chi connectivity index (χ0) is 20.4. The van der Waals surface area contributed by atoms with Crippen LogP contribution in [0, 0.1) is 6.92 Å². The van der Waals surface area contributed by atoms with E-state index in [9.17, 15) is 9.59 Å². The third-order valence-corrected chi connectivity index (χ3v) is 5.16. The number of nitrogens with zero attached hydrogens (tertiary/aromatic N) is 4. The van der Waals surface area contributed by atoms with Crippen molar-refractivity contribution in [1.82, 2.24) is 19.7 Å². The van der Waals surface area contributed by atoms with Gasteiger partial charge in [-0.15, -0.1) is 0 Å². The molecule has 0 radical (unpaired) electrons. The van der Waals surface area contributed by atoms with Crippen LogP contribution in [0.2, 0.25) is 0 Å². The molecule has 9 heteroatoms. The predicted octanol–water partition coefficient (Wildman–Crippen LogP) is 2.81. The van der Waals surface area contributed by atoms with Gasteiger partial charge in [-0.25, -0.2) is 4.98 Å². The van der Waals surface area contributed by atoms with Crippen molar-refractivity contribution in [3.8, 4) is 17.0 Å². The molecular weight excluding hydrogens is 378 g/mol. The molecule has 2 amide bonds. The summed E-state index contributed by atoms with van der Waals surface area (Å²) >= 11 is 1.15. The highest BCUT2D eigenvalue weighted by molar-refractivity contribution is 7.17. The summed E-state index contributed by atoms with van der Waals surface area (Å²) in [6, 6.07) is 9.17. The van der Waals surface area contributed by atoms with Crippen molar-refractivity contribution in [2.24, 2.45) is 7.05 Å². The number of methoxy groups -OCH3 is 1. The van der Waals surface area contributed by atoms with Gasteiger partial charge in [0.15, 0.2) is 5.13 Å². The van der Waals surface area contributed by atoms with Gasteiger partial charge in [-0.3, -0.25) is 19.6 Å². The normalized spacial score (nSPS) is 10.6.